The lowest BCUT2D eigenvalue weighted by molar-refractivity contribution is -0.208. The molecule has 0 saturated heterocycles. The SMILES string of the molecule is CCCC(C)(CC)C([O])OCCCC(CC)CC. The van der Waals surface area contributed by atoms with Gasteiger partial charge in [-0.2, -0.15) is 0 Å². The minimum atomic E-state index is -0.857. The lowest BCUT2D eigenvalue weighted by Gasteiger charge is -2.31. The van der Waals surface area contributed by atoms with Gasteiger partial charge in [-0.05, 0) is 31.6 Å². The third-order valence-corrected chi connectivity index (χ3v) is 4.38. The largest absolute Gasteiger partial charge is 0.349 e. The average molecular weight is 257 g/mol. The Morgan fingerprint density at radius 1 is 1.11 bits per heavy atom. The van der Waals surface area contributed by atoms with E-state index in [0.717, 1.165) is 31.6 Å². The fourth-order valence-electron chi connectivity index (χ4n) is 2.49. The molecule has 0 amide bonds. The van der Waals surface area contributed by atoms with Gasteiger partial charge in [-0.1, -0.05) is 53.9 Å². The van der Waals surface area contributed by atoms with Crippen molar-refractivity contribution in [3.05, 3.63) is 0 Å². The summed E-state index contributed by atoms with van der Waals surface area (Å²) in [5.74, 6) is 0.798. The standard InChI is InChI=1S/C16H33O2/c1-6-12-16(5,9-4)15(17)18-13-10-11-14(7-2)8-3/h14-15H,6-13H2,1-5H3. The fraction of sp³-hybridized carbons (Fsp3) is 1.00. The summed E-state index contributed by atoms with van der Waals surface area (Å²) in [6.07, 6.45) is 6.75. The van der Waals surface area contributed by atoms with Crippen molar-refractivity contribution in [3.63, 3.8) is 0 Å². The third-order valence-electron chi connectivity index (χ3n) is 4.38. The van der Waals surface area contributed by atoms with E-state index >= 15 is 0 Å². The van der Waals surface area contributed by atoms with E-state index in [-0.39, 0.29) is 5.41 Å². The number of rotatable bonds is 11. The van der Waals surface area contributed by atoms with Crippen LogP contribution in [-0.4, -0.2) is 12.9 Å². The van der Waals surface area contributed by atoms with Crippen LogP contribution in [0.15, 0.2) is 0 Å². The van der Waals surface area contributed by atoms with Crippen molar-refractivity contribution in [2.45, 2.75) is 85.9 Å². The van der Waals surface area contributed by atoms with Crippen LogP contribution in [0.3, 0.4) is 0 Å². The lowest BCUT2D eigenvalue weighted by Crippen LogP contribution is -2.33. The van der Waals surface area contributed by atoms with Crippen LogP contribution in [0.1, 0.15) is 79.6 Å². The number of hydrogen-bond donors (Lipinski definition) is 0. The van der Waals surface area contributed by atoms with Crippen LogP contribution in [0, 0.1) is 11.3 Å². The van der Waals surface area contributed by atoms with Gasteiger partial charge in [0.2, 0.25) is 0 Å². The zero-order valence-corrected chi connectivity index (χ0v) is 13.1. The van der Waals surface area contributed by atoms with Gasteiger partial charge in [-0.3, -0.25) is 0 Å². The molecule has 0 saturated carbocycles. The van der Waals surface area contributed by atoms with Crippen molar-refractivity contribution in [1.29, 1.82) is 0 Å². The Bertz CT molecular complexity index is 190. The topological polar surface area (TPSA) is 29.1 Å². The molecule has 0 aromatic heterocycles. The molecule has 0 aliphatic carbocycles. The normalized spacial score (nSPS) is 16.8. The minimum Gasteiger partial charge on any atom is -0.349 e. The molecule has 0 aromatic rings. The molecule has 0 fully saturated rings. The monoisotopic (exact) mass is 257 g/mol. The molecular formula is C16H33O2. The molecule has 0 aliphatic rings. The Morgan fingerprint density at radius 3 is 2.17 bits per heavy atom. The van der Waals surface area contributed by atoms with Gasteiger partial charge in [0.05, 0.1) is 0 Å². The Labute approximate surface area is 114 Å². The third kappa shape index (κ3) is 6.19. The van der Waals surface area contributed by atoms with Crippen LogP contribution in [0.4, 0.5) is 0 Å². The van der Waals surface area contributed by atoms with Gasteiger partial charge < -0.3 is 4.74 Å². The summed E-state index contributed by atoms with van der Waals surface area (Å²) >= 11 is 0. The first-order valence-corrected chi connectivity index (χ1v) is 7.81. The van der Waals surface area contributed by atoms with Crippen LogP contribution in [-0.2, 0) is 9.84 Å². The molecule has 0 N–H and O–H groups in total. The Balaban J connectivity index is 3.90. The highest BCUT2D eigenvalue weighted by atomic mass is 16.6. The Morgan fingerprint density at radius 2 is 1.72 bits per heavy atom. The summed E-state index contributed by atoms with van der Waals surface area (Å²) < 4.78 is 5.53. The second kappa shape index (κ2) is 9.80. The molecule has 0 aliphatic heterocycles. The van der Waals surface area contributed by atoms with Gasteiger partial charge >= 0.3 is 0 Å². The molecule has 2 nitrogen and oxygen atoms in total. The molecule has 0 spiro atoms. The van der Waals surface area contributed by atoms with Crippen LogP contribution in [0.2, 0.25) is 0 Å². The first-order valence-electron chi connectivity index (χ1n) is 7.81. The van der Waals surface area contributed by atoms with Gasteiger partial charge in [0.25, 0.3) is 0 Å². The summed E-state index contributed by atoms with van der Waals surface area (Å²) in [5.41, 5.74) is -0.191. The molecular weight excluding hydrogens is 224 g/mol. The Hall–Kier alpha value is -0.0800. The summed E-state index contributed by atoms with van der Waals surface area (Å²) in [5, 5.41) is 12.1. The zero-order valence-electron chi connectivity index (χ0n) is 13.1. The minimum absolute atomic E-state index is 0.191. The summed E-state index contributed by atoms with van der Waals surface area (Å²) in [7, 11) is 0. The molecule has 0 aromatic carbocycles. The molecule has 109 valence electrons. The zero-order chi connectivity index (χ0) is 14.0. The first kappa shape index (κ1) is 17.9. The van der Waals surface area contributed by atoms with Gasteiger partial charge in [0.15, 0.2) is 6.29 Å². The molecule has 0 rings (SSSR count). The molecule has 0 bridgehead atoms. The predicted octanol–water partition coefficient (Wildman–Crippen LogP) is 5.19. The van der Waals surface area contributed by atoms with Crippen LogP contribution in [0.5, 0.6) is 0 Å². The van der Waals surface area contributed by atoms with Crippen LogP contribution < -0.4 is 0 Å². The van der Waals surface area contributed by atoms with Crippen molar-refractivity contribution in [1.82, 2.24) is 0 Å². The molecule has 2 atom stereocenters. The van der Waals surface area contributed by atoms with Crippen LogP contribution in [0.25, 0.3) is 0 Å². The van der Waals surface area contributed by atoms with E-state index in [9.17, 15) is 5.11 Å². The average Bonchev–Trinajstić information content (AvgIpc) is 2.38. The van der Waals surface area contributed by atoms with E-state index in [0.29, 0.717) is 6.61 Å². The van der Waals surface area contributed by atoms with E-state index in [1.165, 1.54) is 19.3 Å². The van der Waals surface area contributed by atoms with Gasteiger partial charge in [0.1, 0.15) is 0 Å². The van der Waals surface area contributed by atoms with Crippen molar-refractivity contribution in [3.8, 4) is 0 Å². The smallest absolute Gasteiger partial charge is 0.196 e. The van der Waals surface area contributed by atoms with Crippen molar-refractivity contribution in [2.75, 3.05) is 6.61 Å². The van der Waals surface area contributed by atoms with Gasteiger partial charge in [-0.15, -0.1) is 0 Å². The number of hydrogen-bond acceptors (Lipinski definition) is 1. The maximum atomic E-state index is 12.1. The molecule has 1 radical (unpaired) electrons. The van der Waals surface area contributed by atoms with Crippen molar-refractivity contribution >= 4 is 0 Å². The maximum absolute atomic E-state index is 12.1. The summed E-state index contributed by atoms with van der Waals surface area (Å²) in [4.78, 5) is 0. The van der Waals surface area contributed by atoms with Gasteiger partial charge in [0, 0.05) is 12.0 Å². The summed E-state index contributed by atoms with van der Waals surface area (Å²) in [6.45, 7) is 11.4. The second-order valence-corrected chi connectivity index (χ2v) is 5.79. The predicted molar refractivity (Wildman–Crippen MR) is 77.0 cm³/mol. The highest BCUT2D eigenvalue weighted by molar-refractivity contribution is 4.75. The number of ether oxygens (including phenoxy) is 1. The van der Waals surface area contributed by atoms with Crippen LogP contribution >= 0.6 is 0 Å². The van der Waals surface area contributed by atoms with Gasteiger partial charge in [-0.25, -0.2) is 5.11 Å². The molecule has 2 heteroatoms. The maximum Gasteiger partial charge on any atom is 0.196 e. The van der Waals surface area contributed by atoms with Crippen molar-refractivity contribution < 1.29 is 9.84 Å². The molecule has 18 heavy (non-hydrogen) atoms. The van der Waals surface area contributed by atoms with Crippen molar-refractivity contribution in [2.24, 2.45) is 11.3 Å². The highest BCUT2D eigenvalue weighted by Crippen LogP contribution is 2.32. The highest BCUT2D eigenvalue weighted by Gasteiger charge is 2.32. The first-order chi connectivity index (χ1) is 8.53. The second-order valence-electron chi connectivity index (χ2n) is 5.79. The van der Waals surface area contributed by atoms with E-state index in [1.807, 2.05) is 0 Å². The van der Waals surface area contributed by atoms with E-state index in [4.69, 9.17) is 4.74 Å². The molecule has 0 heterocycles. The summed E-state index contributed by atoms with van der Waals surface area (Å²) in [6, 6.07) is 0. The van der Waals surface area contributed by atoms with E-state index in [2.05, 4.69) is 34.6 Å². The Kier molecular flexibility index (Phi) is 9.76. The fourth-order valence-corrected chi connectivity index (χ4v) is 2.49. The van der Waals surface area contributed by atoms with E-state index < -0.39 is 6.29 Å². The van der Waals surface area contributed by atoms with E-state index in [1.54, 1.807) is 0 Å². The quantitative estimate of drug-likeness (QED) is 0.370. The molecule has 2 unspecified atom stereocenters. The lowest BCUT2D eigenvalue weighted by atomic mass is 9.82.